The SMILES string of the molecule is Cc1ccc(C(O)C(C)Oc2ccccc2F)cc1. The van der Waals surface area contributed by atoms with E-state index in [1.54, 1.807) is 25.1 Å². The average molecular weight is 260 g/mol. The van der Waals surface area contributed by atoms with Crippen molar-refractivity contribution in [2.24, 2.45) is 0 Å². The van der Waals surface area contributed by atoms with E-state index in [0.29, 0.717) is 0 Å². The van der Waals surface area contributed by atoms with Crippen LogP contribution >= 0.6 is 0 Å². The molecule has 2 atom stereocenters. The molecule has 0 heterocycles. The molecule has 0 radical (unpaired) electrons. The largest absolute Gasteiger partial charge is 0.485 e. The van der Waals surface area contributed by atoms with Gasteiger partial charge in [-0.3, -0.25) is 0 Å². The van der Waals surface area contributed by atoms with Crippen LogP contribution in [0.2, 0.25) is 0 Å². The Morgan fingerprint density at radius 1 is 1.05 bits per heavy atom. The Morgan fingerprint density at radius 2 is 1.68 bits per heavy atom. The van der Waals surface area contributed by atoms with Crippen molar-refractivity contribution < 1.29 is 14.2 Å². The number of halogens is 1. The van der Waals surface area contributed by atoms with E-state index in [1.165, 1.54) is 6.07 Å². The van der Waals surface area contributed by atoms with Crippen molar-refractivity contribution in [2.75, 3.05) is 0 Å². The molecule has 3 heteroatoms. The minimum atomic E-state index is -0.791. The summed E-state index contributed by atoms with van der Waals surface area (Å²) in [5.74, 6) is -0.272. The van der Waals surface area contributed by atoms with Gasteiger partial charge in [0.2, 0.25) is 0 Å². The molecule has 0 saturated carbocycles. The van der Waals surface area contributed by atoms with Gasteiger partial charge in [0, 0.05) is 0 Å². The normalized spacial score (nSPS) is 13.9. The molecule has 2 aromatic rings. The third kappa shape index (κ3) is 3.32. The number of aryl methyl sites for hydroxylation is 1. The quantitative estimate of drug-likeness (QED) is 0.909. The third-order valence-corrected chi connectivity index (χ3v) is 3.01. The highest BCUT2D eigenvalue weighted by Gasteiger charge is 2.19. The van der Waals surface area contributed by atoms with Crippen LogP contribution in [0.15, 0.2) is 48.5 Å². The lowest BCUT2D eigenvalue weighted by Gasteiger charge is -2.21. The lowest BCUT2D eigenvalue weighted by Crippen LogP contribution is -2.22. The minimum absolute atomic E-state index is 0.154. The topological polar surface area (TPSA) is 29.5 Å². The fourth-order valence-corrected chi connectivity index (χ4v) is 1.84. The van der Waals surface area contributed by atoms with Gasteiger partial charge in [-0.05, 0) is 31.5 Å². The van der Waals surface area contributed by atoms with Crippen LogP contribution in [-0.4, -0.2) is 11.2 Å². The Bertz CT molecular complexity index is 537. The summed E-state index contributed by atoms with van der Waals surface area (Å²) in [6.45, 7) is 3.70. The molecule has 0 saturated heterocycles. The fraction of sp³-hybridized carbons (Fsp3) is 0.250. The Kier molecular flexibility index (Phi) is 4.17. The molecule has 2 rings (SSSR count). The molecule has 0 bridgehead atoms. The molecule has 0 aliphatic heterocycles. The molecule has 100 valence electrons. The second-order valence-corrected chi connectivity index (χ2v) is 4.61. The zero-order chi connectivity index (χ0) is 13.8. The van der Waals surface area contributed by atoms with Crippen molar-refractivity contribution in [3.05, 3.63) is 65.5 Å². The molecule has 0 aromatic heterocycles. The van der Waals surface area contributed by atoms with Crippen LogP contribution in [0.1, 0.15) is 24.2 Å². The average Bonchev–Trinajstić information content (AvgIpc) is 2.41. The summed E-state index contributed by atoms with van der Waals surface area (Å²) in [6.07, 6.45) is -1.32. The van der Waals surface area contributed by atoms with Crippen LogP contribution in [0.3, 0.4) is 0 Å². The van der Waals surface area contributed by atoms with Crippen LogP contribution in [-0.2, 0) is 0 Å². The summed E-state index contributed by atoms with van der Waals surface area (Å²) in [5, 5.41) is 10.2. The summed E-state index contributed by atoms with van der Waals surface area (Å²) in [4.78, 5) is 0. The van der Waals surface area contributed by atoms with Crippen molar-refractivity contribution in [1.29, 1.82) is 0 Å². The molecule has 19 heavy (non-hydrogen) atoms. The first kappa shape index (κ1) is 13.6. The standard InChI is InChI=1S/C16H17FO2/c1-11-7-9-13(10-8-11)16(18)12(2)19-15-6-4-3-5-14(15)17/h3-10,12,16,18H,1-2H3. The number of para-hydroxylation sites is 1. The van der Waals surface area contributed by atoms with Crippen LogP contribution in [0.25, 0.3) is 0 Å². The number of aliphatic hydroxyl groups excluding tert-OH is 1. The minimum Gasteiger partial charge on any atom is -0.485 e. The monoisotopic (exact) mass is 260 g/mol. The molecule has 2 nitrogen and oxygen atoms in total. The summed E-state index contributed by atoms with van der Waals surface area (Å²) >= 11 is 0. The van der Waals surface area contributed by atoms with E-state index in [9.17, 15) is 9.50 Å². The van der Waals surface area contributed by atoms with Gasteiger partial charge in [-0.2, -0.15) is 0 Å². The molecular weight excluding hydrogens is 243 g/mol. The van der Waals surface area contributed by atoms with Crippen molar-refractivity contribution in [3.63, 3.8) is 0 Å². The van der Waals surface area contributed by atoms with Gasteiger partial charge in [-0.25, -0.2) is 4.39 Å². The second kappa shape index (κ2) is 5.85. The Morgan fingerprint density at radius 3 is 2.32 bits per heavy atom. The van der Waals surface area contributed by atoms with E-state index in [4.69, 9.17) is 4.74 Å². The van der Waals surface area contributed by atoms with Crippen LogP contribution in [0.5, 0.6) is 5.75 Å². The summed E-state index contributed by atoms with van der Waals surface area (Å²) in [6, 6.07) is 13.7. The number of benzene rings is 2. The molecule has 2 unspecified atom stereocenters. The van der Waals surface area contributed by atoms with E-state index in [0.717, 1.165) is 11.1 Å². The highest BCUT2D eigenvalue weighted by Crippen LogP contribution is 2.24. The molecule has 0 fully saturated rings. The fourth-order valence-electron chi connectivity index (χ4n) is 1.84. The maximum atomic E-state index is 13.5. The first-order valence-corrected chi connectivity index (χ1v) is 6.24. The molecule has 0 aliphatic rings. The number of ether oxygens (including phenoxy) is 1. The van der Waals surface area contributed by atoms with Crippen molar-refractivity contribution in [1.82, 2.24) is 0 Å². The van der Waals surface area contributed by atoms with Gasteiger partial charge in [-0.1, -0.05) is 42.0 Å². The maximum absolute atomic E-state index is 13.5. The molecule has 0 spiro atoms. The van der Waals surface area contributed by atoms with Crippen molar-refractivity contribution in [2.45, 2.75) is 26.1 Å². The zero-order valence-electron chi connectivity index (χ0n) is 11.0. The Hall–Kier alpha value is -1.87. The Balaban J connectivity index is 2.09. The van der Waals surface area contributed by atoms with Crippen LogP contribution in [0.4, 0.5) is 4.39 Å². The van der Waals surface area contributed by atoms with E-state index < -0.39 is 18.0 Å². The van der Waals surface area contributed by atoms with Gasteiger partial charge in [0.1, 0.15) is 12.2 Å². The van der Waals surface area contributed by atoms with Gasteiger partial charge in [0.05, 0.1) is 0 Å². The highest BCUT2D eigenvalue weighted by molar-refractivity contribution is 5.26. The molecular formula is C16H17FO2. The first-order valence-electron chi connectivity index (χ1n) is 6.24. The number of hydrogen-bond donors (Lipinski definition) is 1. The van der Waals surface area contributed by atoms with E-state index >= 15 is 0 Å². The van der Waals surface area contributed by atoms with Gasteiger partial charge in [0.15, 0.2) is 11.6 Å². The summed E-state index contributed by atoms with van der Waals surface area (Å²) in [7, 11) is 0. The molecule has 2 aromatic carbocycles. The van der Waals surface area contributed by atoms with Gasteiger partial charge in [-0.15, -0.1) is 0 Å². The maximum Gasteiger partial charge on any atom is 0.165 e. The van der Waals surface area contributed by atoms with E-state index in [-0.39, 0.29) is 5.75 Å². The summed E-state index contributed by atoms with van der Waals surface area (Å²) < 4.78 is 18.9. The lowest BCUT2D eigenvalue weighted by molar-refractivity contribution is 0.0444. The van der Waals surface area contributed by atoms with E-state index in [2.05, 4.69) is 0 Å². The van der Waals surface area contributed by atoms with Crippen LogP contribution in [0, 0.1) is 12.7 Å². The smallest absolute Gasteiger partial charge is 0.165 e. The molecule has 1 N–H and O–H groups in total. The number of aliphatic hydroxyl groups is 1. The predicted octanol–water partition coefficient (Wildman–Crippen LogP) is 3.64. The van der Waals surface area contributed by atoms with Gasteiger partial charge in [0.25, 0.3) is 0 Å². The summed E-state index contributed by atoms with van der Waals surface area (Å²) in [5.41, 5.74) is 1.88. The first-order chi connectivity index (χ1) is 9.08. The molecule has 0 amide bonds. The molecule has 0 aliphatic carbocycles. The second-order valence-electron chi connectivity index (χ2n) is 4.61. The van der Waals surface area contributed by atoms with Gasteiger partial charge >= 0.3 is 0 Å². The highest BCUT2D eigenvalue weighted by atomic mass is 19.1. The predicted molar refractivity (Wildman–Crippen MR) is 72.6 cm³/mol. The number of rotatable bonds is 4. The third-order valence-electron chi connectivity index (χ3n) is 3.01. The van der Waals surface area contributed by atoms with Crippen molar-refractivity contribution >= 4 is 0 Å². The van der Waals surface area contributed by atoms with Crippen LogP contribution < -0.4 is 4.74 Å². The lowest BCUT2D eigenvalue weighted by atomic mass is 10.0. The van der Waals surface area contributed by atoms with Crippen molar-refractivity contribution in [3.8, 4) is 5.75 Å². The Labute approximate surface area is 112 Å². The van der Waals surface area contributed by atoms with E-state index in [1.807, 2.05) is 31.2 Å². The number of hydrogen-bond acceptors (Lipinski definition) is 2. The van der Waals surface area contributed by atoms with Gasteiger partial charge < -0.3 is 9.84 Å². The zero-order valence-corrected chi connectivity index (χ0v) is 11.0.